The monoisotopic (exact) mass is 598 g/mol. The topological polar surface area (TPSA) is 114 Å². The third-order valence-corrected chi connectivity index (χ3v) is 8.46. The number of hydrogen-bond acceptors (Lipinski definition) is 8. The second-order valence-electron chi connectivity index (χ2n) is 11.7. The average molecular weight is 599 g/mol. The minimum atomic E-state index is -0.937. The molecule has 2 aliphatic rings. The molecule has 1 aromatic carbocycles. The molecule has 1 amide bonds. The molecule has 1 aromatic heterocycles. The lowest BCUT2D eigenvalue weighted by Crippen LogP contribution is -2.45. The lowest BCUT2D eigenvalue weighted by Gasteiger charge is -2.30. The number of benzene rings is 1. The number of carbonyl (C=O) groups excluding carboxylic acids is 1. The number of carboxylic acid groups (broad SMARTS) is 1. The number of pyridine rings is 1. The van der Waals surface area contributed by atoms with E-state index in [4.69, 9.17) is 14.2 Å². The number of unbranched alkanes of at least 4 members (excludes halogenated alkanes) is 2. The van der Waals surface area contributed by atoms with Crippen LogP contribution in [0.4, 0.5) is 0 Å². The van der Waals surface area contributed by atoms with Crippen LogP contribution < -0.4 is 19.8 Å². The number of carboxylic acids is 1. The van der Waals surface area contributed by atoms with Crippen molar-refractivity contribution in [1.82, 2.24) is 19.3 Å². The van der Waals surface area contributed by atoms with Gasteiger partial charge >= 0.3 is 5.97 Å². The number of ether oxygens (including phenoxy) is 3. The van der Waals surface area contributed by atoms with Crippen molar-refractivity contribution in [2.75, 3.05) is 60.7 Å². The molecule has 0 saturated carbocycles. The van der Waals surface area contributed by atoms with Crippen LogP contribution >= 0.6 is 0 Å². The summed E-state index contributed by atoms with van der Waals surface area (Å²) in [4.78, 5) is 45.2. The van der Waals surface area contributed by atoms with Gasteiger partial charge in [0.15, 0.2) is 11.5 Å². The van der Waals surface area contributed by atoms with Gasteiger partial charge in [-0.25, -0.2) is 0 Å². The summed E-state index contributed by atoms with van der Waals surface area (Å²) in [5, 5.41) is 10.6. The van der Waals surface area contributed by atoms with Crippen molar-refractivity contribution in [3.05, 3.63) is 52.4 Å². The van der Waals surface area contributed by atoms with Gasteiger partial charge in [-0.1, -0.05) is 19.4 Å². The Labute approximate surface area is 253 Å². The zero-order chi connectivity index (χ0) is 30.9. The lowest BCUT2D eigenvalue weighted by molar-refractivity contribution is -0.144. The smallest absolute Gasteiger partial charge is 0.308 e. The normalized spacial score (nSPS) is 19.6. The summed E-state index contributed by atoms with van der Waals surface area (Å²) in [6, 6.07) is 8.15. The van der Waals surface area contributed by atoms with Crippen LogP contribution in [-0.4, -0.2) is 103 Å². The van der Waals surface area contributed by atoms with E-state index in [9.17, 15) is 19.5 Å². The minimum absolute atomic E-state index is 0.00763. The number of fused-ring (bicyclic) bond motifs is 1. The second-order valence-corrected chi connectivity index (χ2v) is 11.7. The van der Waals surface area contributed by atoms with Crippen LogP contribution in [0.5, 0.6) is 17.2 Å². The maximum atomic E-state index is 13.8. The number of likely N-dealkylation sites (tertiary alicyclic amines) is 1. The van der Waals surface area contributed by atoms with Gasteiger partial charge in [-0.05, 0) is 70.1 Å². The van der Waals surface area contributed by atoms with E-state index in [2.05, 4.69) is 11.8 Å². The molecule has 3 atom stereocenters. The molecule has 0 spiro atoms. The van der Waals surface area contributed by atoms with Crippen molar-refractivity contribution in [3.63, 3.8) is 0 Å². The standard InChI is InChI=1S/C32H46N4O7/c1-5-6-14-34(16-10-9-13-33(2)3)29(38)21-36-20-24(23-18-26(41-4)31-27(19-23)42-22-43-31)30(32(39)40)25(36)12-17-35-15-8-7-11-28(35)37/h7-8,11,15,18-19,24-25,30H,5-6,9-10,12-14,16-17,20-22H2,1-4H3,(H,39,40)/t24-,25-,30+/m1/s1. The number of nitrogens with zero attached hydrogens (tertiary/aromatic N) is 4. The number of aromatic nitrogens is 1. The Kier molecular flexibility index (Phi) is 11.5. The predicted molar refractivity (Wildman–Crippen MR) is 163 cm³/mol. The Hall–Kier alpha value is -3.57. The molecule has 4 rings (SSSR count). The first kappa shape index (κ1) is 32.3. The summed E-state index contributed by atoms with van der Waals surface area (Å²) in [5.41, 5.74) is 0.618. The van der Waals surface area contributed by atoms with Crippen molar-refractivity contribution in [2.24, 2.45) is 5.92 Å². The molecule has 0 radical (unpaired) electrons. The molecule has 3 heterocycles. The highest BCUT2D eigenvalue weighted by molar-refractivity contribution is 5.79. The molecule has 236 valence electrons. The Balaban J connectivity index is 1.61. The van der Waals surface area contributed by atoms with E-state index in [0.717, 1.165) is 37.8 Å². The van der Waals surface area contributed by atoms with Crippen LogP contribution in [0.3, 0.4) is 0 Å². The third kappa shape index (κ3) is 8.08. The first-order chi connectivity index (χ1) is 20.7. The number of amides is 1. The van der Waals surface area contributed by atoms with Gasteiger partial charge in [0.25, 0.3) is 0 Å². The van der Waals surface area contributed by atoms with E-state index in [1.165, 1.54) is 6.07 Å². The predicted octanol–water partition coefficient (Wildman–Crippen LogP) is 3.12. The van der Waals surface area contributed by atoms with Gasteiger partial charge in [0, 0.05) is 50.4 Å². The molecular formula is C32H46N4O7. The summed E-state index contributed by atoms with van der Waals surface area (Å²) < 4.78 is 18.3. The Morgan fingerprint density at radius 3 is 2.56 bits per heavy atom. The Bertz CT molecular complexity index is 1300. The van der Waals surface area contributed by atoms with Crippen molar-refractivity contribution >= 4 is 11.9 Å². The number of methoxy groups -OCH3 is 1. The molecule has 11 nitrogen and oxygen atoms in total. The van der Waals surface area contributed by atoms with E-state index in [0.29, 0.717) is 49.8 Å². The fourth-order valence-electron chi connectivity index (χ4n) is 6.19. The highest BCUT2D eigenvalue weighted by atomic mass is 16.7. The van der Waals surface area contributed by atoms with E-state index in [1.807, 2.05) is 36.0 Å². The van der Waals surface area contributed by atoms with Crippen LogP contribution in [0.2, 0.25) is 0 Å². The maximum absolute atomic E-state index is 13.8. The van der Waals surface area contributed by atoms with Crippen LogP contribution in [-0.2, 0) is 16.1 Å². The minimum Gasteiger partial charge on any atom is -0.493 e. The molecule has 43 heavy (non-hydrogen) atoms. The summed E-state index contributed by atoms with van der Waals surface area (Å²) in [7, 11) is 5.63. The van der Waals surface area contributed by atoms with Crippen molar-refractivity contribution in [2.45, 2.75) is 57.5 Å². The van der Waals surface area contributed by atoms with Crippen molar-refractivity contribution < 1.29 is 28.9 Å². The van der Waals surface area contributed by atoms with Crippen molar-refractivity contribution in [1.29, 1.82) is 0 Å². The maximum Gasteiger partial charge on any atom is 0.308 e. The average Bonchev–Trinajstić information content (AvgIpc) is 3.60. The number of aryl methyl sites for hydroxylation is 1. The van der Waals surface area contributed by atoms with E-state index >= 15 is 0 Å². The quantitative estimate of drug-likeness (QED) is 0.291. The number of aliphatic carboxylic acids is 1. The summed E-state index contributed by atoms with van der Waals surface area (Å²) in [6.45, 7) is 5.34. The van der Waals surface area contributed by atoms with Gasteiger partial charge in [0.2, 0.25) is 24.0 Å². The van der Waals surface area contributed by atoms with E-state index in [-0.39, 0.29) is 24.8 Å². The first-order valence-electron chi connectivity index (χ1n) is 15.3. The summed E-state index contributed by atoms with van der Waals surface area (Å²) in [5.74, 6) is -0.647. The zero-order valence-corrected chi connectivity index (χ0v) is 25.9. The van der Waals surface area contributed by atoms with Gasteiger partial charge in [-0.15, -0.1) is 0 Å². The summed E-state index contributed by atoms with van der Waals surface area (Å²) >= 11 is 0. The molecule has 2 aliphatic heterocycles. The highest BCUT2D eigenvalue weighted by Gasteiger charge is 2.47. The van der Waals surface area contributed by atoms with Crippen LogP contribution in [0.1, 0.15) is 50.5 Å². The van der Waals surface area contributed by atoms with Gasteiger partial charge in [0.1, 0.15) is 0 Å². The second kappa shape index (κ2) is 15.2. The molecule has 1 fully saturated rings. The Morgan fingerprint density at radius 1 is 1.09 bits per heavy atom. The molecule has 0 aliphatic carbocycles. The number of hydrogen-bond donors (Lipinski definition) is 1. The summed E-state index contributed by atoms with van der Waals surface area (Å²) in [6.07, 6.45) is 5.92. The third-order valence-electron chi connectivity index (χ3n) is 8.46. The van der Waals surface area contributed by atoms with Gasteiger partial charge < -0.3 is 33.7 Å². The molecule has 0 unspecified atom stereocenters. The van der Waals surface area contributed by atoms with Crippen LogP contribution in [0.15, 0.2) is 41.3 Å². The number of carbonyl (C=O) groups is 2. The molecule has 1 saturated heterocycles. The number of rotatable bonds is 16. The SMILES string of the molecule is CCCCN(CCCCN(C)C)C(=O)CN1C[C@H](c2cc(OC)c3c(c2)OCO3)[C@H](C(=O)O)[C@H]1CCn1ccccc1=O. The van der Waals surface area contributed by atoms with E-state index < -0.39 is 23.8 Å². The zero-order valence-electron chi connectivity index (χ0n) is 25.9. The van der Waals surface area contributed by atoms with Crippen molar-refractivity contribution in [3.8, 4) is 17.2 Å². The van der Waals surface area contributed by atoms with E-state index in [1.54, 1.807) is 30.0 Å². The van der Waals surface area contributed by atoms with Gasteiger partial charge in [-0.2, -0.15) is 0 Å². The van der Waals surface area contributed by atoms with Crippen LogP contribution in [0, 0.1) is 5.92 Å². The Morgan fingerprint density at radius 2 is 1.86 bits per heavy atom. The van der Waals surface area contributed by atoms with Crippen LogP contribution in [0.25, 0.3) is 0 Å². The molecular weight excluding hydrogens is 552 g/mol. The molecule has 0 bridgehead atoms. The fourth-order valence-corrected chi connectivity index (χ4v) is 6.19. The first-order valence-corrected chi connectivity index (χ1v) is 15.3. The highest BCUT2D eigenvalue weighted by Crippen LogP contribution is 2.47. The lowest BCUT2D eigenvalue weighted by atomic mass is 9.84. The van der Waals surface area contributed by atoms with Gasteiger partial charge in [0.05, 0.1) is 19.6 Å². The molecule has 1 N–H and O–H groups in total. The van der Waals surface area contributed by atoms with Gasteiger partial charge in [-0.3, -0.25) is 19.3 Å². The molecule has 2 aromatic rings. The fraction of sp³-hybridized carbons (Fsp3) is 0.594. The molecule has 11 heteroatoms. The largest absolute Gasteiger partial charge is 0.493 e.